The Balaban J connectivity index is 1.63. The summed E-state index contributed by atoms with van der Waals surface area (Å²) < 4.78 is 38.7. The predicted molar refractivity (Wildman–Crippen MR) is 156 cm³/mol. The number of hydrogen-bond acceptors (Lipinski definition) is 6. The Morgan fingerprint density at radius 3 is 2.38 bits per heavy atom. The van der Waals surface area contributed by atoms with Gasteiger partial charge in [0.05, 0.1) is 21.5 Å². The molecule has 2 amide bonds. The van der Waals surface area contributed by atoms with Crippen LogP contribution in [-0.2, 0) is 26.2 Å². The third kappa shape index (κ3) is 7.33. The third-order valence-electron chi connectivity index (χ3n) is 7.25. The molecule has 0 spiro atoms. The molecule has 0 unspecified atom stereocenters. The molecular formula is C28H35Cl2N3O6S. The van der Waals surface area contributed by atoms with Gasteiger partial charge in [-0.25, -0.2) is 8.42 Å². The van der Waals surface area contributed by atoms with Crippen molar-refractivity contribution in [3.63, 3.8) is 0 Å². The van der Waals surface area contributed by atoms with Gasteiger partial charge in [0.2, 0.25) is 21.8 Å². The summed E-state index contributed by atoms with van der Waals surface area (Å²) in [7, 11) is -3.87. The molecule has 0 aromatic heterocycles. The van der Waals surface area contributed by atoms with Crippen molar-refractivity contribution in [1.29, 1.82) is 0 Å². The molecule has 4 rings (SSSR count). The molecule has 1 fully saturated rings. The van der Waals surface area contributed by atoms with Crippen LogP contribution >= 0.6 is 23.2 Å². The maximum absolute atomic E-state index is 13.9. The van der Waals surface area contributed by atoms with Crippen LogP contribution in [0, 0.1) is 0 Å². The number of fused-ring (bicyclic) bond motifs is 1. The zero-order chi connectivity index (χ0) is 28.9. The normalized spacial score (nSPS) is 16.2. The monoisotopic (exact) mass is 611 g/mol. The van der Waals surface area contributed by atoms with E-state index >= 15 is 0 Å². The molecule has 2 aromatic rings. The minimum absolute atomic E-state index is 0.0378. The van der Waals surface area contributed by atoms with Gasteiger partial charge in [-0.05, 0) is 56.5 Å². The maximum Gasteiger partial charge on any atom is 0.244 e. The highest BCUT2D eigenvalue weighted by Crippen LogP contribution is 2.35. The number of halogens is 2. The average molecular weight is 613 g/mol. The second-order valence-electron chi connectivity index (χ2n) is 10.0. The molecule has 0 saturated heterocycles. The number of nitrogens with one attached hydrogen (secondary N) is 1. The lowest BCUT2D eigenvalue weighted by Gasteiger charge is -2.33. The number of carbonyl (C=O) groups is 2. The first-order valence-corrected chi connectivity index (χ1v) is 15.9. The molecule has 218 valence electrons. The summed E-state index contributed by atoms with van der Waals surface area (Å²) in [6.45, 7) is 3.43. The van der Waals surface area contributed by atoms with Gasteiger partial charge in [-0.15, -0.1) is 0 Å². The number of nitrogens with zero attached hydrogens (tertiary/aromatic N) is 2. The molecule has 1 aliphatic heterocycles. The summed E-state index contributed by atoms with van der Waals surface area (Å²) in [5.41, 5.74) is 0.928. The molecule has 1 N–H and O–H groups in total. The van der Waals surface area contributed by atoms with E-state index in [2.05, 4.69) is 5.32 Å². The molecule has 0 bridgehead atoms. The minimum atomic E-state index is -3.87. The lowest BCUT2D eigenvalue weighted by atomic mass is 9.95. The number of benzene rings is 2. The third-order valence-corrected chi connectivity index (χ3v) is 9.73. The quantitative estimate of drug-likeness (QED) is 0.414. The van der Waals surface area contributed by atoms with E-state index in [1.54, 1.807) is 43.3 Å². The van der Waals surface area contributed by atoms with Gasteiger partial charge in [-0.3, -0.25) is 13.9 Å². The van der Waals surface area contributed by atoms with Crippen LogP contribution in [0.2, 0.25) is 10.0 Å². The van der Waals surface area contributed by atoms with Gasteiger partial charge in [0, 0.05) is 18.7 Å². The van der Waals surface area contributed by atoms with Crippen LogP contribution < -0.4 is 19.1 Å². The van der Waals surface area contributed by atoms with E-state index in [1.807, 2.05) is 0 Å². The summed E-state index contributed by atoms with van der Waals surface area (Å²) in [6, 6.07) is 8.93. The molecule has 1 atom stereocenters. The Morgan fingerprint density at radius 2 is 1.70 bits per heavy atom. The van der Waals surface area contributed by atoms with Crippen molar-refractivity contribution in [3.8, 4) is 11.5 Å². The fourth-order valence-electron chi connectivity index (χ4n) is 4.89. The van der Waals surface area contributed by atoms with Crippen LogP contribution in [-0.4, -0.2) is 62.7 Å². The zero-order valence-corrected chi connectivity index (χ0v) is 25.0. The number of amides is 2. The second-order valence-corrected chi connectivity index (χ2v) is 13.0. The SMILES string of the molecule is CCS(=O)(=O)N(CC(=O)N(Cc1ccc(Cl)c(Cl)c1)[C@@H](C)C(=O)NC1CCCCC1)c1ccc2c(c1)OCCO2. The number of sulfonamides is 1. The summed E-state index contributed by atoms with van der Waals surface area (Å²) in [6.07, 6.45) is 5.03. The van der Waals surface area contributed by atoms with Crippen LogP contribution in [0.1, 0.15) is 51.5 Å². The van der Waals surface area contributed by atoms with Crippen molar-refractivity contribution >= 4 is 50.7 Å². The topological polar surface area (TPSA) is 105 Å². The van der Waals surface area contributed by atoms with E-state index in [4.69, 9.17) is 32.7 Å². The summed E-state index contributed by atoms with van der Waals surface area (Å²) in [5.74, 6) is -0.141. The zero-order valence-electron chi connectivity index (χ0n) is 22.7. The smallest absolute Gasteiger partial charge is 0.244 e. The highest BCUT2D eigenvalue weighted by Gasteiger charge is 2.32. The van der Waals surface area contributed by atoms with E-state index < -0.39 is 28.5 Å². The van der Waals surface area contributed by atoms with Crippen LogP contribution in [0.25, 0.3) is 0 Å². The number of hydrogen-bond donors (Lipinski definition) is 1. The predicted octanol–water partition coefficient (Wildman–Crippen LogP) is 4.79. The first-order chi connectivity index (χ1) is 19.1. The Kier molecular flexibility index (Phi) is 10.1. The molecule has 12 heteroatoms. The van der Waals surface area contributed by atoms with Crippen LogP contribution in [0.4, 0.5) is 5.69 Å². The molecular weight excluding hydrogens is 577 g/mol. The molecule has 1 aliphatic carbocycles. The van der Waals surface area contributed by atoms with Gasteiger partial charge in [-0.2, -0.15) is 0 Å². The van der Waals surface area contributed by atoms with Crippen LogP contribution in [0.5, 0.6) is 11.5 Å². The fraction of sp³-hybridized carbons (Fsp3) is 0.500. The van der Waals surface area contributed by atoms with E-state index in [0.29, 0.717) is 40.3 Å². The lowest BCUT2D eigenvalue weighted by molar-refractivity contribution is -0.139. The number of rotatable bonds is 10. The number of carbonyl (C=O) groups excluding carboxylic acids is 2. The first kappa shape index (κ1) is 30.3. The lowest BCUT2D eigenvalue weighted by Crippen LogP contribution is -2.53. The Bertz CT molecular complexity index is 1330. The molecule has 1 saturated carbocycles. The second kappa shape index (κ2) is 13.3. The largest absolute Gasteiger partial charge is 0.486 e. The van der Waals surface area contributed by atoms with Gasteiger partial charge < -0.3 is 19.7 Å². The fourth-order valence-corrected chi connectivity index (χ4v) is 6.27. The van der Waals surface area contributed by atoms with E-state index in [9.17, 15) is 18.0 Å². The summed E-state index contributed by atoms with van der Waals surface area (Å²) >= 11 is 12.3. The molecule has 2 aromatic carbocycles. The Labute approximate surface area is 245 Å². The van der Waals surface area contributed by atoms with Gasteiger partial charge in [-0.1, -0.05) is 48.5 Å². The standard InChI is InChI=1S/C28H35Cl2N3O6S/c1-3-40(36,37)33(22-10-12-25-26(16-22)39-14-13-38-25)18-27(34)32(17-20-9-11-23(29)24(30)15-20)19(2)28(35)31-21-7-5-4-6-8-21/h9-12,15-16,19,21H,3-8,13-14,17-18H2,1-2H3,(H,31,35)/t19-/m0/s1. The summed E-state index contributed by atoms with van der Waals surface area (Å²) in [4.78, 5) is 28.6. The molecule has 1 heterocycles. The molecule has 40 heavy (non-hydrogen) atoms. The van der Waals surface area contributed by atoms with Crippen LogP contribution in [0.3, 0.4) is 0 Å². The number of ether oxygens (including phenoxy) is 2. The van der Waals surface area contributed by atoms with Gasteiger partial charge in [0.15, 0.2) is 11.5 Å². The average Bonchev–Trinajstić information content (AvgIpc) is 2.96. The van der Waals surface area contributed by atoms with Crippen molar-refractivity contribution in [2.24, 2.45) is 0 Å². The Morgan fingerprint density at radius 1 is 1.00 bits per heavy atom. The molecule has 9 nitrogen and oxygen atoms in total. The van der Waals surface area contributed by atoms with Crippen molar-refractivity contribution in [3.05, 3.63) is 52.0 Å². The van der Waals surface area contributed by atoms with Crippen molar-refractivity contribution in [1.82, 2.24) is 10.2 Å². The first-order valence-electron chi connectivity index (χ1n) is 13.5. The Hall–Kier alpha value is -2.69. The minimum Gasteiger partial charge on any atom is -0.486 e. The highest BCUT2D eigenvalue weighted by atomic mass is 35.5. The van der Waals surface area contributed by atoms with Crippen molar-refractivity contribution in [2.45, 2.75) is 64.6 Å². The van der Waals surface area contributed by atoms with Crippen molar-refractivity contribution in [2.75, 3.05) is 29.8 Å². The molecule has 0 radical (unpaired) electrons. The summed E-state index contributed by atoms with van der Waals surface area (Å²) in [5, 5.41) is 3.76. The van der Waals surface area contributed by atoms with E-state index in [-0.39, 0.29) is 29.9 Å². The van der Waals surface area contributed by atoms with Gasteiger partial charge in [0.1, 0.15) is 25.8 Å². The van der Waals surface area contributed by atoms with E-state index in [0.717, 1.165) is 36.4 Å². The van der Waals surface area contributed by atoms with Gasteiger partial charge >= 0.3 is 0 Å². The van der Waals surface area contributed by atoms with E-state index in [1.165, 1.54) is 11.8 Å². The maximum atomic E-state index is 13.9. The van der Waals surface area contributed by atoms with Crippen molar-refractivity contribution < 1.29 is 27.5 Å². The van der Waals surface area contributed by atoms with Crippen LogP contribution in [0.15, 0.2) is 36.4 Å². The van der Waals surface area contributed by atoms with Gasteiger partial charge in [0.25, 0.3) is 0 Å². The highest BCUT2D eigenvalue weighted by molar-refractivity contribution is 7.92. The number of anilines is 1. The molecule has 2 aliphatic rings.